The van der Waals surface area contributed by atoms with Crippen molar-refractivity contribution in [3.05, 3.63) is 59.5 Å². The highest BCUT2D eigenvalue weighted by Gasteiger charge is 2.19. The molecule has 2 heterocycles. The number of aryl methyl sites for hydroxylation is 2. The van der Waals surface area contributed by atoms with Gasteiger partial charge in [0.05, 0.1) is 0 Å². The second-order valence-corrected chi connectivity index (χ2v) is 6.63. The van der Waals surface area contributed by atoms with Gasteiger partial charge in [-0.25, -0.2) is 0 Å². The molecule has 1 aliphatic rings. The number of fused-ring (bicyclic) bond motifs is 1. The summed E-state index contributed by atoms with van der Waals surface area (Å²) in [6, 6.07) is 13.4. The Morgan fingerprint density at radius 2 is 1.89 bits per heavy atom. The summed E-state index contributed by atoms with van der Waals surface area (Å²) in [5, 5.41) is 8.04. The zero-order chi connectivity index (χ0) is 19.5. The molecule has 7 heteroatoms. The van der Waals surface area contributed by atoms with Gasteiger partial charge in [-0.2, -0.15) is 0 Å². The maximum absolute atomic E-state index is 12.2. The van der Waals surface area contributed by atoms with E-state index in [1.807, 2.05) is 49.4 Å². The van der Waals surface area contributed by atoms with Gasteiger partial charge < -0.3 is 18.6 Å². The highest BCUT2D eigenvalue weighted by Crippen LogP contribution is 2.33. The average Bonchev–Trinajstić information content (AvgIpc) is 3.36. The summed E-state index contributed by atoms with van der Waals surface area (Å²) in [7, 11) is 0. The summed E-state index contributed by atoms with van der Waals surface area (Å²) in [5.74, 6) is 1.76. The molecule has 7 nitrogen and oxygen atoms in total. The number of aromatic nitrogens is 2. The van der Waals surface area contributed by atoms with Crippen molar-refractivity contribution < 1.29 is 23.4 Å². The van der Waals surface area contributed by atoms with Gasteiger partial charge in [-0.1, -0.05) is 23.8 Å². The molecule has 4 rings (SSSR count). The lowest BCUT2D eigenvalue weighted by molar-refractivity contribution is -0.149. The topological polar surface area (TPSA) is 83.7 Å². The lowest BCUT2D eigenvalue weighted by Crippen LogP contribution is -2.10. The van der Waals surface area contributed by atoms with Crippen LogP contribution < -0.4 is 9.47 Å². The van der Waals surface area contributed by atoms with Crippen LogP contribution in [0, 0.1) is 6.92 Å². The number of nitrogens with zero attached hydrogens (tertiary/aromatic N) is 2. The van der Waals surface area contributed by atoms with Crippen LogP contribution in [0.1, 0.15) is 36.5 Å². The van der Waals surface area contributed by atoms with Gasteiger partial charge in [0.15, 0.2) is 17.6 Å². The average molecular weight is 380 g/mol. The van der Waals surface area contributed by atoms with Crippen molar-refractivity contribution in [2.75, 3.05) is 6.79 Å². The van der Waals surface area contributed by atoms with E-state index in [0.717, 1.165) is 22.4 Å². The molecule has 0 saturated heterocycles. The smallest absolute Gasteiger partial charge is 0.306 e. The SMILES string of the molecule is Cc1ccc(-c2nnc(C(C)OC(=O)CCc3ccc4c(c3)OCO4)o2)cc1. The molecule has 0 amide bonds. The summed E-state index contributed by atoms with van der Waals surface area (Å²) in [6.45, 7) is 3.95. The molecule has 1 unspecified atom stereocenters. The van der Waals surface area contributed by atoms with E-state index in [0.29, 0.717) is 18.1 Å². The minimum Gasteiger partial charge on any atom is -0.454 e. The number of hydrogen-bond acceptors (Lipinski definition) is 7. The second-order valence-electron chi connectivity index (χ2n) is 6.63. The Hall–Kier alpha value is -3.35. The molecular weight excluding hydrogens is 360 g/mol. The molecule has 0 spiro atoms. The molecule has 0 aliphatic carbocycles. The Morgan fingerprint density at radius 3 is 2.71 bits per heavy atom. The van der Waals surface area contributed by atoms with Crippen molar-refractivity contribution in [2.45, 2.75) is 32.8 Å². The van der Waals surface area contributed by atoms with E-state index in [1.165, 1.54) is 0 Å². The predicted octanol–water partition coefficient (Wildman–Crippen LogP) is 4.01. The molecule has 144 valence electrons. The fraction of sp³-hybridized carbons (Fsp3) is 0.286. The van der Waals surface area contributed by atoms with Gasteiger partial charge in [-0.3, -0.25) is 4.79 Å². The third-order valence-electron chi connectivity index (χ3n) is 4.45. The number of carbonyl (C=O) groups excluding carboxylic acids is 1. The van der Waals surface area contributed by atoms with Crippen LogP contribution in [0.25, 0.3) is 11.5 Å². The number of rotatable bonds is 6. The Labute approximate surface area is 162 Å². The van der Waals surface area contributed by atoms with Crippen molar-refractivity contribution in [2.24, 2.45) is 0 Å². The van der Waals surface area contributed by atoms with E-state index in [4.69, 9.17) is 18.6 Å². The van der Waals surface area contributed by atoms with Crippen molar-refractivity contribution in [3.8, 4) is 23.0 Å². The fourth-order valence-corrected chi connectivity index (χ4v) is 2.86. The predicted molar refractivity (Wildman–Crippen MR) is 99.9 cm³/mol. The Bertz CT molecular complexity index is 981. The number of esters is 1. The monoisotopic (exact) mass is 380 g/mol. The Balaban J connectivity index is 1.32. The lowest BCUT2D eigenvalue weighted by Gasteiger charge is -2.09. The quantitative estimate of drug-likeness (QED) is 0.597. The van der Waals surface area contributed by atoms with Crippen LogP contribution in [-0.4, -0.2) is 23.0 Å². The van der Waals surface area contributed by atoms with Gasteiger partial charge in [-0.15, -0.1) is 10.2 Å². The third kappa shape index (κ3) is 3.98. The first-order chi connectivity index (χ1) is 13.6. The number of benzene rings is 2. The van der Waals surface area contributed by atoms with Crippen molar-refractivity contribution >= 4 is 5.97 Å². The normalized spacial score (nSPS) is 13.4. The molecule has 0 N–H and O–H groups in total. The van der Waals surface area contributed by atoms with Crippen molar-refractivity contribution in [3.63, 3.8) is 0 Å². The molecule has 1 aromatic heterocycles. The van der Waals surface area contributed by atoms with E-state index in [9.17, 15) is 4.79 Å². The molecule has 1 aliphatic heterocycles. The Kier molecular flexibility index (Phi) is 4.97. The third-order valence-corrected chi connectivity index (χ3v) is 4.45. The van der Waals surface area contributed by atoms with Gasteiger partial charge >= 0.3 is 5.97 Å². The number of hydrogen-bond donors (Lipinski definition) is 0. The van der Waals surface area contributed by atoms with Crippen LogP contribution in [0.3, 0.4) is 0 Å². The van der Waals surface area contributed by atoms with Crippen LogP contribution in [0.2, 0.25) is 0 Å². The van der Waals surface area contributed by atoms with Crippen LogP contribution in [-0.2, 0) is 16.0 Å². The summed E-state index contributed by atoms with van der Waals surface area (Å²) < 4.78 is 21.7. The van der Waals surface area contributed by atoms with E-state index in [1.54, 1.807) is 6.92 Å². The molecule has 0 bridgehead atoms. The van der Waals surface area contributed by atoms with Gasteiger partial charge in [0.25, 0.3) is 5.89 Å². The van der Waals surface area contributed by atoms with Gasteiger partial charge in [-0.05, 0) is 50.1 Å². The van der Waals surface area contributed by atoms with Crippen LogP contribution in [0.5, 0.6) is 11.5 Å². The lowest BCUT2D eigenvalue weighted by atomic mass is 10.1. The van der Waals surface area contributed by atoms with Crippen molar-refractivity contribution in [1.82, 2.24) is 10.2 Å². The summed E-state index contributed by atoms with van der Waals surface area (Å²) in [5.41, 5.74) is 2.95. The summed E-state index contributed by atoms with van der Waals surface area (Å²) >= 11 is 0. The summed E-state index contributed by atoms with van der Waals surface area (Å²) in [4.78, 5) is 12.2. The minimum absolute atomic E-state index is 0.229. The Morgan fingerprint density at radius 1 is 1.11 bits per heavy atom. The second kappa shape index (κ2) is 7.72. The van der Waals surface area contributed by atoms with Crippen molar-refractivity contribution in [1.29, 1.82) is 0 Å². The van der Waals surface area contributed by atoms with E-state index in [-0.39, 0.29) is 25.1 Å². The highest BCUT2D eigenvalue weighted by molar-refractivity contribution is 5.70. The molecular formula is C21H20N2O5. The first-order valence-electron chi connectivity index (χ1n) is 9.07. The number of carbonyl (C=O) groups is 1. The highest BCUT2D eigenvalue weighted by atomic mass is 16.7. The molecule has 0 saturated carbocycles. The first kappa shape index (κ1) is 18.0. The van der Waals surface area contributed by atoms with Gasteiger partial charge in [0.1, 0.15) is 0 Å². The molecule has 28 heavy (non-hydrogen) atoms. The minimum atomic E-state index is -0.615. The zero-order valence-corrected chi connectivity index (χ0v) is 15.7. The maximum Gasteiger partial charge on any atom is 0.306 e. The standard InChI is InChI=1S/C21H20N2O5/c1-13-3-7-16(8-4-13)21-23-22-20(28-21)14(2)27-19(24)10-6-15-5-9-17-18(11-15)26-12-25-17/h3-5,7-9,11,14H,6,10,12H2,1-2H3. The van der Waals surface area contributed by atoms with Crippen LogP contribution in [0.4, 0.5) is 0 Å². The largest absolute Gasteiger partial charge is 0.454 e. The molecule has 0 radical (unpaired) electrons. The summed E-state index contributed by atoms with van der Waals surface area (Å²) in [6.07, 6.45) is 0.166. The van der Waals surface area contributed by atoms with E-state index >= 15 is 0 Å². The van der Waals surface area contributed by atoms with Crippen LogP contribution >= 0.6 is 0 Å². The van der Waals surface area contributed by atoms with E-state index < -0.39 is 6.10 Å². The van der Waals surface area contributed by atoms with Gasteiger partial charge in [0.2, 0.25) is 12.7 Å². The fourth-order valence-electron chi connectivity index (χ4n) is 2.86. The maximum atomic E-state index is 12.2. The van der Waals surface area contributed by atoms with Gasteiger partial charge in [0, 0.05) is 12.0 Å². The number of ether oxygens (including phenoxy) is 3. The van der Waals surface area contributed by atoms with Crippen LogP contribution in [0.15, 0.2) is 46.9 Å². The molecule has 1 atom stereocenters. The molecule has 3 aromatic rings. The van der Waals surface area contributed by atoms with E-state index in [2.05, 4.69) is 10.2 Å². The first-order valence-corrected chi connectivity index (χ1v) is 9.07. The molecule has 2 aromatic carbocycles. The zero-order valence-electron chi connectivity index (χ0n) is 15.7. The molecule has 0 fully saturated rings.